The summed E-state index contributed by atoms with van der Waals surface area (Å²) in [7, 11) is 0. The van der Waals surface area contributed by atoms with Crippen LogP contribution in [0, 0.1) is 0 Å². The van der Waals surface area contributed by atoms with Crippen molar-refractivity contribution in [1.82, 2.24) is 20.5 Å². The van der Waals surface area contributed by atoms with Crippen LogP contribution in [0.25, 0.3) is 0 Å². The summed E-state index contributed by atoms with van der Waals surface area (Å²) in [6.07, 6.45) is 4.82. The van der Waals surface area contributed by atoms with Crippen LogP contribution < -0.4 is 5.32 Å². The van der Waals surface area contributed by atoms with E-state index in [-0.39, 0.29) is 17.2 Å². The Morgan fingerprint density at radius 2 is 2.56 bits per heavy atom. The predicted molar refractivity (Wildman–Crippen MR) is 63.0 cm³/mol. The van der Waals surface area contributed by atoms with Crippen molar-refractivity contribution in [1.29, 1.82) is 0 Å². The molecule has 2 heterocycles. The second-order valence-corrected chi connectivity index (χ2v) is 5.27. The summed E-state index contributed by atoms with van der Waals surface area (Å²) < 4.78 is 0. The van der Waals surface area contributed by atoms with Gasteiger partial charge in [-0.15, -0.1) is 11.8 Å². The molecule has 2 unspecified atom stereocenters. The third kappa shape index (κ3) is 2.75. The minimum absolute atomic E-state index is 0.0995. The van der Waals surface area contributed by atoms with Gasteiger partial charge < -0.3 is 5.32 Å². The van der Waals surface area contributed by atoms with E-state index in [4.69, 9.17) is 0 Å². The monoisotopic (exact) mass is 240 g/mol. The van der Waals surface area contributed by atoms with Gasteiger partial charge in [0, 0.05) is 0 Å². The zero-order valence-electron chi connectivity index (χ0n) is 9.27. The van der Waals surface area contributed by atoms with Crippen molar-refractivity contribution >= 4 is 17.7 Å². The van der Waals surface area contributed by atoms with E-state index >= 15 is 0 Å². The molecule has 1 fully saturated rings. The van der Waals surface area contributed by atoms with E-state index in [2.05, 4.69) is 20.5 Å². The van der Waals surface area contributed by atoms with Gasteiger partial charge in [-0.1, -0.05) is 6.42 Å². The lowest BCUT2D eigenvalue weighted by Crippen LogP contribution is -2.36. The number of thioether (sulfide) groups is 1. The normalized spacial score (nSPS) is 22.7. The topological polar surface area (TPSA) is 70.7 Å². The molecule has 1 amide bonds. The fourth-order valence-corrected chi connectivity index (χ4v) is 2.95. The van der Waals surface area contributed by atoms with Crippen LogP contribution >= 0.6 is 11.8 Å². The molecule has 1 aromatic rings. The van der Waals surface area contributed by atoms with Crippen LogP contribution in [0.15, 0.2) is 6.33 Å². The van der Waals surface area contributed by atoms with Crippen molar-refractivity contribution in [2.75, 3.05) is 5.75 Å². The first-order chi connectivity index (χ1) is 7.77. The number of H-pyrrole nitrogens is 1. The molecule has 2 rings (SSSR count). The molecule has 88 valence electrons. The van der Waals surface area contributed by atoms with Crippen molar-refractivity contribution in [3.63, 3.8) is 0 Å². The first kappa shape index (κ1) is 11.4. The minimum atomic E-state index is -0.0995. The van der Waals surface area contributed by atoms with Crippen molar-refractivity contribution in [3.05, 3.63) is 12.2 Å². The molecule has 1 aromatic heterocycles. The number of amides is 1. The van der Waals surface area contributed by atoms with Gasteiger partial charge in [0.25, 0.3) is 0 Å². The third-order valence-electron chi connectivity index (χ3n) is 2.67. The highest BCUT2D eigenvalue weighted by Gasteiger charge is 2.23. The molecule has 1 saturated heterocycles. The van der Waals surface area contributed by atoms with Gasteiger partial charge in [0.15, 0.2) is 0 Å². The van der Waals surface area contributed by atoms with Gasteiger partial charge in [-0.25, -0.2) is 4.98 Å². The molecule has 1 aliphatic rings. The molecule has 0 radical (unpaired) electrons. The predicted octanol–water partition coefficient (Wildman–Crippen LogP) is 1.27. The number of carbonyl (C=O) groups excluding carboxylic acids is 1. The first-order valence-electron chi connectivity index (χ1n) is 5.54. The molecule has 2 atom stereocenters. The van der Waals surface area contributed by atoms with E-state index in [1.54, 1.807) is 11.8 Å². The smallest absolute Gasteiger partial charge is 0.233 e. The van der Waals surface area contributed by atoms with Gasteiger partial charge >= 0.3 is 0 Å². The Morgan fingerprint density at radius 1 is 1.69 bits per heavy atom. The van der Waals surface area contributed by atoms with Gasteiger partial charge in [0.2, 0.25) is 5.91 Å². The SMILES string of the molecule is CC(NC(=O)C1CCCCS1)c1ncn[nH]1. The highest BCUT2D eigenvalue weighted by atomic mass is 32.2. The lowest BCUT2D eigenvalue weighted by Gasteiger charge is -2.22. The van der Waals surface area contributed by atoms with Crippen molar-refractivity contribution in [2.24, 2.45) is 0 Å². The Bertz CT molecular complexity index is 335. The van der Waals surface area contributed by atoms with E-state index in [0.29, 0.717) is 5.82 Å². The van der Waals surface area contributed by atoms with Crippen molar-refractivity contribution < 1.29 is 4.79 Å². The Kier molecular flexibility index (Phi) is 3.82. The van der Waals surface area contributed by atoms with Gasteiger partial charge in [0.05, 0.1) is 11.3 Å². The third-order valence-corrected chi connectivity index (χ3v) is 4.05. The first-order valence-corrected chi connectivity index (χ1v) is 6.59. The van der Waals surface area contributed by atoms with E-state index in [9.17, 15) is 4.79 Å². The highest BCUT2D eigenvalue weighted by Crippen LogP contribution is 2.25. The highest BCUT2D eigenvalue weighted by molar-refractivity contribution is 8.00. The Hall–Kier alpha value is -1.04. The van der Waals surface area contributed by atoms with Crippen LogP contribution in [-0.4, -0.2) is 32.1 Å². The summed E-state index contributed by atoms with van der Waals surface area (Å²) in [5.41, 5.74) is 0. The molecular formula is C10H16N4OS. The maximum Gasteiger partial charge on any atom is 0.233 e. The summed E-state index contributed by atoms with van der Waals surface area (Å²) in [5.74, 6) is 1.91. The van der Waals surface area contributed by atoms with Crippen molar-refractivity contribution in [2.45, 2.75) is 37.5 Å². The average Bonchev–Trinajstić information content (AvgIpc) is 2.83. The number of carbonyl (C=O) groups is 1. The van der Waals surface area contributed by atoms with E-state index in [0.717, 1.165) is 18.6 Å². The molecule has 5 nitrogen and oxygen atoms in total. The molecule has 0 saturated carbocycles. The number of hydrogen-bond donors (Lipinski definition) is 2. The van der Waals surface area contributed by atoms with Crippen LogP contribution in [0.3, 0.4) is 0 Å². The van der Waals surface area contributed by atoms with Crippen LogP contribution in [-0.2, 0) is 4.79 Å². The molecule has 0 bridgehead atoms. The number of aromatic nitrogens is 3. The second kappa shape index (κ2) is 5.34. The van der Waals surface area contributed by atoms with Gasteiger partial charge in [-0.3, -0.25) is 9.89 Å². The lowest BCUT2D eigenvalue weighted by molar-refractivity contribution is -0.121. The van der Waals surface area contributed by atoms with Gasteiger partial charge in [-0.05, 0) is 25.5 Å². The zero-order valence-corrected chi connectivity index (χ0v) is 10.1. The Labute approximate surface area is 98.8 Å². The average molecular weight is 240 g/mol. The number of rotatable bonds is 3. The van der Waals surface area contributed by atoms with E-state index < -0.39 is 0 Å². The van der Waals surface area contributed by atoms with Crippen LogP contribution in [0.2, 0.25) is 0 Å². The largest absolute Gasteiger partial charge is 0.345 e. The lowest BCUT2D eigenvalue weighted by atomic mass is 10.1. The van der Waals surface area contributed by atoms with Gasteiger partial charge in [-0.2, -0.15) is 5.10 Å². The van der Waals surface area contributed by atoms with Gasteiger partial charge in [0.1, 0.15) is 12.2 Å². The van der Waals surface area contributed by atoms with Crippen LogP contribution in [0.1, 0.15) is 38.1 Å². The standard InChI is InChI=1S/C10H16N4OS/c1-7(9-11-6-12-14-9)13-10(15)8-4-2-3-5-16-8/h6-8H,2-5H2,1H3,(H,13,15)(H,11,12,14). The maximum absolute atomic E-state index is 11.9. The van der Waals surface area contributed by atoms with Crippen molar-refractivity contribution in [3.8, 4) is 0 Å². The summed E-state index contributed by atoms with van der Waals surface area (Å²) in [4.78, 5) is 15.9. The Balaban J connectivity index is 1.86. The summed E-state index contributed by atoms with van der Waals surface area (Å²) in [6, 6.07) is -0.0995. The number of nitrogens with one attached hydrogen (secondary N) is 2. The molecular weight excluding hydrogens is 224 g/mol. The maximum atomic E-state index is 11.9. The summed E-state index contributed by atoms with van der Waals surface area (Å²) in [6.45, 7) is 1.91. The van der Waals surface area contributed by atoms with Crippen LogP contribution in [0.4, 0.5) is 0 Å². The summed E-state index contributed by atoms with van der Waals surface area (Å²) >= 11 is 1.75. The summed E-state index contributed by atoms with van der Waals surface area (Å²) in [5, 5.41) is 9.60. The molecule has 0 aromatic carbocycles. The Morgan fingerprint density at radius 3 is 3.19 bits per heavy atom. The minimum Gasteiger partial charge on any atom is -0.345 e. The van der Waals surface area contributed by atoms with Crippen LogP contribution in [0.5, 0.6) is 0 Å². The second-order valence-electron chi connectivity index (χ2n) is 3.96. The number of nitrogens with zero attached hydrogens (tertiary/aromatic N) is 2. The van der Waals surface area contributed by atoms with E-state index in [1.807, 2.05) is 6.92 Å². The molecule has 6 heteroatoms. The number of aromatic amines is 1. The molecule has 2 N–H and O–H groups in total. The fraction of sp³-hybridized carbons (Fsp3) is 0.700. The molecule has 0 aliphatic carbocycles. The zero-order chi connectivity index (χ0) is 11.4. The molecule has 0 spiro atoms. The fourth-order valence-electron chi connectivity index (χ4n) is 1.75. The quantitative estimate of drug-likeness (QED) is 0.834. The molecule has 1 aliphatic heterocycles. The molecule has 16 heavy (non-hydrogen) atoms. The van der Waals surface area contributed by atoms with E-state index in [1.165, 1.54) is 12.7 Å². The number of hydrogen-bond acceptors (Lipinski definition) is 4.